The summed E-state index contributed by atoms with van der Waals surface area (Å²) in [5.74, 6) is 0.191. The Bertz CT molecular complexity index is 169. The third-order valence-corrected chi connectivity index (χ3v) is 2.30. The van der Waals surface area contributed by atoms with Crippen molar-refractivity contribution in [3.05, 3.63) is 0 Å². The topological polar surface area (TPSA) is 29.5 Å². The fourth-order valence-electron chi connectivity index (χ4n) is 1.79. The Morgan fingerprint density at radius 2 is 2.50 bits per heavy atom. The summed E-state index contributed by atoms with van der Waals surface area (Å²) in [6.07, 6.45) is 1.40. The Hall–Kier alpha value is -0.570. The number of hydrogen-bond donors (Lipinski definition) is 0. The molecule has 0 N–H and O–H groups in total. The van der Waals surface area contributed by atoms with Gasteiger partial charge >= 0.3 is 0 Å². The number of morpholine rings is 1. The fourth-order valence-corrected chi connectivity index (χ4v) is 1.79. The van der Waals surface area contributed by atoms with Crippen molar-refractivity contribution in [1.29, 1.82) is 0 Å². The molecule has 0 aromatic carbocycles. The molecule has 0 aliphatic carbocycles. The molecule has 0 radical (unpaired) electrons. The van der Waals surface area contributed by atoms with E-state index >= 15 is 0 Å². The van der Waals surface area contributed by atoms with Gasteiger partial charge in [-0.05, 0) is 6.42 Å². The molecule has 0 aromatic rings. The lowest BCUT2D eigenvalue weighted by Gasteiger charge is -2.25. The number of nitrogens with zero attached hydrogens (tertiary/aromatic N) is 1. The lowest BCUT2D eigenvalue weighted by atomic mass is 10.2. The summed E-state index contributed by atoms with van der Waals surface area (Å²) in [5.41, 5.74) is 0. The van der Waals surface area contributed by atoms with Crippen LogP contribution in [-0.4, -0.2) is 36.1 Å². The first-order valence-electron chi connectivity index (χ1n) is 3.66. The van der Waals surface area contributed by atoms with E-state index in [1.54, 1.807) is 6.92 Å². The molecule has 56 valence electrons. The summed E-state index contributed by atoms with van der Waals surface area (Å²) in [4.78, 5) is 12.8. The normalized spacial score (nSPS) is 37.1. The van der Waals surface area contributed by atoms with Crippen LogP contribution in [0.3, 0.4) is 0 Å². The number of rotatable bonds is 0. The van der Waals surface area contributed by atoms with Gasteiger partial charge < -0.3 is 9.64 Å². The molecule has 2 rings (SSSR count). The van der Waals surface area contributed by atoms with Gasteiger partial charge in [-0.25, -0.2) is 0 Å². The summed E-state index contributed by atoms with van der Waals surface area (Å²) in [5, 5.41) is 0. The highest BCUT2D eigenvalue weighted by Gasteiger charge is 2.39. The van der Waals surface area contributed by atoms with E-state index in [1.807, 2.05) is 4.90 Å². The lowest BCUT2D eigenvalue weighted by molar-refractivity contribution is -0.133. The van der Waals surface area contributed by atoms with Crippen LogP contribution in [0.15, 0.2) is 0 Å². The Morgan fingerprint density at radius 1 is 1.70 bits per heavy atom. The van der Waals surface area contributed by atoms with Crippen molar-refractivity contribution in [2.45, 2.75) is 25.5 Å². The van der Waals surface area contributed by atoms with Crippen LogP contribution in [0, 0.1) is 0 Å². The van der Waals surface area contributed by atoms with Gasteiger partial charge in [0.2, 0.25) is 5.91 Å². The second kappa shape index (κ2) is 1.95. The van der Waals surface area contributed by atoms with E-state index < -0.39 is 0 Å². The zero-order chi connectivity index (χ0) is 7.14. The SMILES string of the molecule is CC(=O)N1C[C@H]2C[C@@H]1CO2. The minimum absolute atomic E-state index is 0.191. The smallest absolute Gasteiger partial charge is 0.219 e. The van der Waals surface area contributed by atoms with Crippen molar-refractivity contribution < 1.29 is 9.53 Å². The molecule has 2 saturated heterocycles. The maximum absolute atomic E-state index is 10.9. The highest BCUT2D eigenvalue weighted by molar-refractivity contribution is 5.74. The Kier molecular flexibility index (Phi) is 1.20. The molecule has 10 heavy (non-hydrogen) atoms. The number of ether oxygens (including phenoxy) is 1. The van der Waals surface area contributed by atoms with Crippen molar-refractivity contribution in [1.82, 2.24) is 4.90 Å². The first-order valence-corrected chi connectivity index (χ1v) is 3.66. The van der Waals surface area contributed by atoms with Gasteiger partial charge in [-0.1, -0.05) is 0 Å². The molecule has 2 bridgehead atoms. The highest BCUT2D eigenvalue weighted by atomic mass is 16.5. The van der Waals surface area contributed by atoms with E-state index in [-0.39, 0.29) is 5.91 Å². The average Bonchev–Trinajstić information content (AvgIpc) is 2.44. The Balaban J connectivity index is 2.08. The van der Waals surface area contributed by atoms with Crippen LogP contribution in [0.1, 0.15) is 13.3 Å². The van der Waals surface area contributed by atoms with Crippen LogP contribution >= 0.6 is 0 Å². The molecule has 1 amide bonds. The van der Waals surface area contributed by atoms with Crippen molar-refractivity contribution in [2.75, 3.05) is 13.2 Å². The summed E-state index contributed by atoms with van der Waals surface area (Å²) < 4.78 is 5.34. The van der Waals surface area contributed by atoms with Gasteiger partial charge in [-0.3, -0.25) is 4.79 Å². The van der Waals surface area contributed by atoms with Crippen LogP contribution < -0.4 is 0 Å². The number of carbonyl (C=O) groups is 1. The van der Waals surface area contributed by atoms with E-state index in [9.17, 15) is 4.79 Å². The van der Waals surface area contributed by atoms with E-state index in [0.29, 0.717) is 12.1 Å². The molecule has 0 spiro atoms. The van der Waals surface area contributed by atoms with E-state index in [4.69, 9.17) is 4.74 Å². The first kappa shape index (κ1) is 6.16. The highest BCUT2D eigenvalue weighted by Crippen LogP contribution is 2.27. The van der Waals surface area contributed by atoms with Crippen LogP contribution in [0.2, 0.25) is 0 Å². The van der Waals surface area contributed by atoms with Gasteiger partial charge in [-0.2, -0.15) is 0 Å². The Morgan fingerprint density at radius 3 is 2.80 bits per heavy atom. The third kappa shape index (κ3) is 0.736. The maximum Gasteiger partial charge on any atom is 0.219 e. The molecule has 0 unspecified atom stereocenters. The molecule has 3 heteroatoms. The first-order chi connectivity index (χ1) is 4.77. The zero-order valence-corrected chi connectivity index (χ0v) is 6.04. The number of carbonyl (C=O) groups excluding carboxylic acids is 1. The minimum Gasteiger partial charge on any atom is -0.374 e. The quantitative estimate of drug-likeness (QED) is 0.475. The fraction of sp³-hybridized carbons (Fsp3) is 0.857. The van der Waals surface area contributed by atoms with E-state index in [1.165, 1.54) is 0 Å². The van der Waals surface area contributed by atoms with Gasteiger partial charge in [0, 0.05) is 13.5 Å². The summed E-state index contributed by atoms with van der Waals surface area (Å²) >= 11 is 0. The monoisotopic (exact) mass is 141 g/mol. The predicted molar refractivity (Wildman–Crippen MR) is 35.5 cm³/mol. The molecule has 2 aliphatic rings. The van der Waals surface area contributed by atoms with Crippen LogP contribution in [0.5, 0.6) is 0 Å². The Labute approximate surface area is 60.0 Å². The van der Waals surface area contributed by atoms with Crippen LogP contribution in [-0.2, 0) is 9.53 Å². The molecular weight excluding hydrogens is 130 g/mol. The second-order valence-corrected chi connectivity index (χ2v) is 3.02. The molecule has 2 heterocycles. The molecule has 2 fully saturated rings. The van der Waals surface area contributed by atoms with Crippen molar-refractivity contribution >= 4 is 5.91 Å². The number of amides is 1. The molecule has 0 saturated carbocycles. The van der Waals surface area contributed by atoms with Gasteiger partial charge in [0.1, 0.15) is 0 Å². The lowest BCUT2D eigenvalue weighted by Crippen LogP contribution is -2.39. The van der Waals surface area contributed by atoms with Crippen LogP contribution in [0.4, 0.5) is 0 Å². The van der Waals surface area contributed by atoms with E-state index in [2.05, 4.69) is 0 Å². The van der Waals surface area contributed by atoms with Gasteiger partial charge in [0.05, 0.1) is 18.8 Å². The van der Waals surface area contributed by atoms with E-state index in [0.717, 1.165) is 19.6 Å². The minimum atomic E-state index is 0.191. The van der Waals surface area contributed by atoms with Crippen molar-refractivity contribution in [2.24, 2.45) is 0 Å². The van der Waals surface area contributed by atoms with Crippen LogP contribution in [0.25, 0.3) is 0 Å². The summed E-state index contributed by atoms with van der Waals surface area (Å²) in [6.45, 7) is 3.20. The number of fused-ring (bicyclic) bond motifs is 2. The number of likely N-dealkylation sites (tertiary alicyclic amines) is 1. The zero-order valence-electron chi connectivity index (χ0n) is 6.04. The third-order valence-electron chi connectivity index (χ3n) is 2.30. The average molecular weight is 141 g/mol. The number of hydrogen-bond acceptors (Lipinski definition) is 2. The molecule has 0 aromatic heterocycles. The molecule has 2 atom stereocenters. The van der Waals surface area contributed by atoms with Gasteiger partial charge in [0.25, 0.3) is 0 Å². The second-order valence-electron chi connectivity index (χ2n) is 3.02. The molecule has 2 aliphatic heterocycles. The largest absolute Gasteiger partial charge is 0.374 e. The van der Waals surface area contributed by atoms with Gasteiger partial charge in [-0.15, -0.1) is 0 Å². The summed E-state index contributed by atoms with van der Waals surface area (Å²) in [7, 11) is 0. The predicted octanol–water partition coefficient (Wildman–Crippen LogP) is 0.00600. The molecule has 3 nitrogen and oxygen atoms in total. The molecular formula is C7H11NO2. The maximum atomic E-state index is 10.9. The van der Waals surface area contributed by atoms with Crippen molar-refractivity contribution in [3.63, 3.8) is 0 Å². The van der Waals surface area contributed by atoms with Gasteiger partial charge in [0.15, 0.2) is 0 Å². The van der Waals surface area contributed by atoms with Crippen molar-refractivity contribution in [3.8, 4) is 0 Å². The summed E-state index contributed by atoms with van der Waals surface area (Å²) in [6, 6.07) is 0.391. The standard InChI is InChI=1S/C7H11NO2/c1-5(9)8-3-7-2-6(8)4-10-7/h6-7H,2-4H2,1H3/t6-,7-/m1/s1.